The van der Waals surface area contributed by atoms with Gasteiger partial charge in [0.2, 0.25) is 0 Å². The maximum absolute atomic E-state index is 14.0. The molecule has 0 spiro atoms. The van der Waals surface area contributed by atoms with Gasteiger partial charge in [-0.05, 0) is 119 Å². The third-order valence-corrected chi connectivity index (χ3v) is 53.3. The van der Waals surface area contributed by atoms with Crippen LogP contribution < -0.4 is 0 Å². The molecule has 0 aromatic heterocycles. The minimum absolute atomic E-state index is 0. The van der Waals surface area contributed by atoms with Crippen molar-refractivity contribution in [2.24, 2.45) is 29.6 Å². The van der Waals surface area contributed by atoms with Crippen molar-refractivity contribution < 1.29 is 77.3 Å². The van der Waals surface area contributed by atoms with Gasteiger partial charge >= 0.3 is 61.6 Å². The van der Waals surface area contributed by atoms with Gasteiger partial charge in [0.15, 0.2) is 0 Å². The first kappa shape index (κ1) is 58.6. The van der Waals surface area contributed by atoms with Crippen LogP contribution in [0.3, 0.4) is 0 Å². The van der Waals surface area contributed by atoms with E-state index < -0.39 is 61.6 Å². The molecule has 72 heavy (non-hydrogen) atoms. The van der Waals surface area contributed by atoms with E-state index in [0.29, 0.717) is 0 Å². The molecule has 0 aromatic carbocycles. The molecule has 3 heterocycles. The molecule has 0 atom stereocenters. The monoisotopic (exact) mass is 1290 g/mol. The topological polar surface area (TPSA) is 144 Å². The minimum Gasteiger partial charge on any atom is -0.390 e. The van der Waals surface area contributed by atoms with Crippen LogP contribution in [0.2, 0.25) is 38.8 Å². The predicted octanol–water partition coefficient (Wildman–Crippen LogP) is 14.2. The average Bonchev–Trinajstić information content (AvgIpc) is 3.56. The van der Waals surface area contributed by atoms with Gasteiger partial charge in [0, 0.05) is 64.6 Å². The molecule has 0 radical (unpaired) electrons. The Kier molecular flexibility index (Phi) is 20.0. The minimum atomic E-state index is -4.38. The van der Waals surface area contributed by atoms with Crippen LogP contribution in [0.5, 0.6) is 0 Å². The van der Waals surface area contributed by atoms with Crippen molar-refractivity contribution in [1.82, 2.24) is 0 Å². The van der Waals surface area contributed by atoms with E-state index in [1.54, 1.807) is 0 Å². The standard InChI is InChI=1S/C42H80O12Si7.C10H20.Hf/c43-55(36-22-8-1-9-23-36)46-58(39-28-14-4-15-29-39)48-56(44,37-24-10-2-11-25-37)50-60(41-32-18-6-19-33-41)51-57(45,38-26-12-3-13-27-38)49-59(47-55,40-30-16-5-17-31-40)53-61(52-58,54-60)42-34-20-7-21-35-42;1-6-7(2)9(4)10(5)8(6)3;/h36-45H,1-35H2;6-10H,1-5H3;. The van der Waals surface area contributed by atoms with Crippen LogP contribution >= 0.6 is 0 Å². The van der Waals surface area contributed by atoms with E-state index in [4.69, 9.17) is 37.0 Å². The molecule has 0 unspecified atom stereocenters. The summed E-state index contributed by atoms with van der Waals surface area (Å²) in [5.41, 5.74) is -1.25. The summed E-state index contributed by atoms with van der Waals surface area (Å²) in [7, 11) is -29.9. The number of fused-ring (bicyclic) bond motifs is 3. The van der Waals surface area contributed by atoms with Crippen LogP contribution in [-0.2, 0) is 62.9 Å². The van der Waals surface area contributed by atoms with E-state index in [0.717, 1.165) is 254 Å². The van der Waals surface area contributed by atoms with Gasteiger partial charge in [-0.3, -0.25) is 0 Å². The number of hydrogen-bond acceptors (Lipinski definition) is 12. The Bertz CT molecular complexity index is 1500. The Labute approximate surface area is 463 Å². The molecule has 3 saturated heterocycles. The smallest absolute Gasteiger partial charge is 0.390 e. The zero-order valence-corrected chi connectivity index (χ0v) is 56.3. The molecule has 12 nitrogen and oxygen atoms in total. The average molecular weight is 1290 g/mol. The molecule has 8 aliphatic carbocycles. The summed E-state index contributed by atoms with van der Waals surface area (Å²) in [4.78, 5) is 42.0. The number of rotatable bonds is 7. The Morgan fingerprint density at radius 1 is 0.222 bits per heavy atom. The normalized spacial score (nSPS) is 46.4. The van der Waals surface area contributed by atoms with Gasteiger partial charge in [0.25, 0.3) is 0 Å². The van der Waals surface area contributed by atoms with E-state index >= 15 is 0 Å². The van der Waals surface area contributed by atoms with Crippen LogP contribution in [0.15, 0.2) is 0 Å². The molecular formula is C52H100HfO12Si7. The molecule has 11 rings (SSSR count). The molecule has 8 saturated carbocycles. The quantitative estimate of drug-likeness (QED) is 0.209. The summed E-state index contributed by atoms with van der Waals surface area (Å²) in [5, 5.41) is 0. The van der Waals surface area contributed by atoms with E-state index in [-0.39, 0.29) is 64.6 Å². The second-order valence-corrected chi connectivity index (χ2v) is 47.5. The molecule has 11 aliphatic rings. The van der Waals surface area contributed by atoms with Crippen LogP contribution in [0, 0.1) is 29.6 Å². The summed E-state index contributed by atoms with van der Waals surface area (Å²) in [6, 6.07) is 0. The largest absolute Gasteiger partial charge is 0.486 e. The predicted molar refractivity (Wildman–Crippen MR) is 290 cm³/mol. The summed E-state index contributed by atoms with van der Waals surface area (Å²) in [5.74, 6) is 4.68. The zero-order chi connectivity index (χ0) is 49.5. The zero-order valence-electron chi connectivity index (χ0n) is 45.7. The molecular weight excluding hydrogens is 1190 g/mol. The van der Waals surface area contributed by atoms with E-state index in [1.165, 1.54) is 0 Å². The maximum atomic E-state index is 14.0. The van der Waals surface area contributed by atoms with Gasteiger partial charge in [-0.2, -0.15) is 0 Å². The van der Waals surface area contributed by atoms with E-state index in [2.05, 4.69) is 34.6 Å². The first-order valence-electron chi connectivity index (χ1n) is 30.6. The fourth-order valence-corrected chi connectivity index (χ4v) is 58.8. The summed E-state index contributed by atoms with van der Waals surface area (Å²) in [6.07, 6.45) is 33.4. The van der Waals surface area contributed by atoms with Crippen LogP contribution in [0.25, 0.3) is 0 Å². The van der Waals surface area contributed by atoms with Crippen molar-refractivity contribution >= 4 is 61.6 Å². The van der Waals surface area contributed by atoms with Gasteiger partial charge < -0.3 is 51.4 Å². The van der Waals surface area contributed by atoms with E-state index in [9.17, 15) is 14.4 Å². The third-order valence-electron chi connectivity index (χ3n) is 21.5. The summed E-state index contributed by atoms with van der Waals surface area (Å²) < 4.78 is 71.9. The summed E-state index contributed by atoms with van der Waals surface area (Å²) >= 11 is 0. The molecule has 11 fully saturated rings. The maximum Gasteiger partial charge on any atom is 0.486 e. The Hall–Kier alpha value is 1.91. The first-order valence-corrected chi connectivity index (χ1v) is 43.4. The molecule has 4 bridgehead atoms. The molecule has 3 aliphatic heterocycles. The number of hydrogen-bond donors (Lipinski definition) is 3. The SMILES string of the molecule is CC1C(C)C(C)C(C)C1C.O[Si]1(C2CCCCC2)O[Si]2(C3CCCCC3)O[Si](O)(C3CCCCC3)O[Si]3(C4CCCCC4)O[Si](O)(C4CCCCC4)O[Si](C4CCCCC4)(O1)O[Si](C1CCCCC1)(O2)O3.[Hf]. The Morgan fingerprint density at radius 2 is 0.361 bits per heavy atom. The van der Waals surface area contributed by atoms with Crippen molar-refractivity contribution in [2.75, 3.05) is 0 Å². The fourth-order valence-electron chi connectivity index (χ4n) is 16.3. The van der Waals surface area contributed by atoms with Gasteiger partial charge in [-0.25, -0.2) is 0 Å². The van der Waals surface area contributed by atoms with Crippen molar-refractivity contribution in [3.05, 3.63) is 0 Å². The van der Waals surface area contributed by atoms with Gasteiger partial charge in [0.1, 0.15) is 0 Å². The Balaban J connectivity index is 0.000000522. The molecule has 3 N–H and O–H groups in total. The first-order chi connectivity index (χ1) is 34.2. The van der Waals surface area contributed by atoms with Crippen molar-refractivity contribution in [1.29, 1.82) is 0 Å². The van der Waals surface area contributed by atoms with Crippen LogP contribution in [0.4, 0.5) is 0 Å². The Morgan fingerprint density at radius 3 is 0.528 bits per heavy atom. The van der Waals surface area contributed by atoms with E-state index in [1.807, 2.05) is 0 Å². The van der Waals surface area contributed by atoms with Gasteiger partial charge in [-0.15, -0.1) is 0 Å². The molecule has 412 valence electrons. The molecule has 20 heteroatoms. The van der Waals surface area contributed by atoms with Crippen LogP contribution in [0.1, 0.15) is 259 Å². The van der Waals surface area contributed by atoms with Crippen molar-refractivity contribution in [3.63, 3.8) is 0 Å². The second kappa shape index (κ2) is 24.6. The summed E-state index contributed by atoms with van der Waals surface area (Å²) in [6.45, 7) is 12.0. The molecule has 0 aromatic rings. The van der Waals surface area contributed by atoms with Gasteiger partial charge in [0.05, 0.1) is 0 Å². The third kappa shape index (κ3) is 12.0. The second-order valence-electron chi connectivity index (χ2n) is 25.9. The molecule has 0 amide bonds. The van der Waals surface area contributed by atoms with Crippen molar-refractivity contribution in [3.8, 4) is 0 Å². The van der Waals surface area contributed by atoms with Crippen LogP contribution in [-0.4, -0.2) is 76.0 Å². The van der Waals surface area contributed by atoms with Gasteiger partial charge in [-0.1, -0.05) is 169 Å². The fraction of sp³-hybridized carbons (Fsp3) is 1.00. The van der Waals surface area contributed by atoms with Crippen molar-refractivity contribution in [2.45, 2.75) is 298 Å².